The van der Waals surface area contributed by atoms with Crippen LogP contribution < -0.4 is 10.1 Å². The summed E-state index contributed by atoms with van der Waals surface area (Å²) in [6.45, 7) is 2.22. The number of allylic oxidation sites excluding steroid dienone is 1. The SMILES string of the molecule is CNC(C)CCc1ccc(OC2C=CCCC2)cc1. The second-order valence-corrected chi connectivity index (χ2v) is 5.39. The molecular weight excluding hydrogens is 234 g/mol. The monoisotopic (exact) mass is 259 g/mol. The summed E-state index contributed by atoms with van der Waals surface area (Å²) in [6, 6.07) is 9.14. The molecule has 2 unspecified atom stereocenters. The molecule has 0 saturated heterocycles. The predicted octanol–water partition coefficient (Wildman–Crippen LogP) is 3.71. The maximum absolute atomic E-state index is 5.96. The molecule has 0 fully saturated rings. The largest absolute Gasteiger partial charge is 0.486 e. The van der Waals surface area contributed by atoms with Gasteiger partial charge in [0.25, 0.3) is 0 Å². The molecule has 1 N–H and O–H groups in total. The molecule has 2 nitrogen and oxygen atoms in total. The van der Waals surface area contributed by atoms with E-state index in [1.807, 2.05) is 7.05 Å². The lowest BCUT2D eigenvalue weighted by atomic mass is 10.0. The van der Waals surface area contributed by atoms with E-state index in [1.54, 1.807) is 0 Å². The molecule has 2 rings (SSSR count). The molecule has 1 aliphatic carbocycles. The minimum absolute atomic E-state index is 0.268. The molecule has 0 spiro atoms. The van der Waals surface area contributed by atoms with E-state index >= 15 is 0 Å². The van der Waals surface area contributed by atoms with Crippen molar-refractivity contribution in [2.75, 3.05) is 7.05 Å². The highest BCUT2D eigenvalue weighted by molar-refractivity contribution is 5.28. The summed E-state index contributed by atoms with van der Waals surface area (Å²) in [6.07, 6.45) is 10.5. The van der Waals surface area contributed by atoms with Crippen molar-refractivity contribution in [3.63, 3.8) is 0 Å². The molecule has 2 atom stereocenters. The summed E-state index contributed by atoms with van der Waals surface area (Å²) in [5.41, 5.74) is 1.38. The van der Waals surface area contributed by atoms with Gasteiger partial charge in [-0.05, 0) is 69.8 Å². The van der Waals surface area contributed by atoms with Gasteiger partial charge in [0.15, 0.2) is 0 Å². The van der Waals surface area contributed by atoms with Crippen molar-refractivity contribution >= 4 is 0 Å². The Balaban J connectivity index is 1.83. The highest BCUT2D eigenvalue weighted by Crippen LogP contribution is 2.20. The molecule has 0 radical (unpaired) electrons. The first kappa shape index (κ1) is 14.1. The molecule has 0 heterocycles. The third kappa shape index (κ3) is 4.71. The Labute approximate surface area is 116 Å². The van der Waals surface area contributed by atoms with Crippen molar-refractivity contribution < 1.29 is 4.74 Å². The van der Waals surface area contributed by atoms with E-state index in [4.69, 9.17) is 4.74 Å². The van der Waals surface area contributed by atoms with E-state index in [1.165, 1.54) is 24.8 Å². The minimum atomic E-state index is 0.268. The van der Waals surface area contributed by atoms with Gasteiger partial charge in [-0.3, -0.25) is 0 Å². The molecule has 19 heavy (non-hydrogen) atoms. The standard InChI is InChI=1S/C17H25NO/c1-14(18-2)8-9-15-10-12-17(13-11-15)19-16-6-4-3-5-7-16/h4,6,10-14,16,18H,3,5,7-9H2,1-2H3. The average molecular weight is 259 g/mol. The van der Waals surface area contributed by atoms with Crippen LogP contribution in [0.4, 0.5) is 0 Å². The Kier molecular flexibility index (Phi) is 5.46. The zero-order valence-corrected chi connectivity index (χ0v) is 12.1. The number of rotatable bonds is 6. The summed E-state index contributed by atoms with van der Waals surface area (Å²) in [5.74, 6) is 0.988. The molecule has 1 aliphatic rings. The number of benzene rings is 1. The van der Waals surface area contributed by atoms with Crippen LogP contribution in [0.2, 0.25) is 0 Å². The van der Waals surface area contributed by atoms with E-state index in [0.29, 0.717) is 6.04 Å². The van der Waals surface area contributed by atoms with Crippen molar-refractivity contribution in [1.29, 1.82) is 0 Å². The molecule has 1 aromatic carbocycles. The van der Waals surface area contributed by atoms with E-state index < -0.39 is 0 Å². The molecule has 2 heteroatoms. The lowest BCUT2D eigenvalue weighted by molar-refractivity contribution is 0.230. The van der Waals surface area contributed by atoms with Gasteiger partial charge in [-0.1, -0.05) is 18.2 Å². The van der Waals surface area contributed by atoms with Gasteiger partial charge in [-0.25, -0.2) is 0 Å². The van der Waals surface area contributed by atoms with E-state index in [-0.39, 0.29) is 6.10 Å². The molecule has 1 aromatic rings. The second-order valence-electron chi connectivity index (χ2n) is 5.39. The molecular formula is C17H25NO. The zero-order valence-electron chi connectivity index (χ0n) is 12.1. The maximum Gasteiger partial charge on any atom is 0.120 e. The Morgan fingerprint density at radius 1 is 1.32 bits per heavy atom. The van der Waals surface area contributed by atoms with Crippen molar-refractivity contribution in [3.05, 3.63) is 42.0 Å². The van der Waals surface area contributed by atoms with E-state index in [0.717, 1.165) is 18.6 Å². The molecule has 0 saturated carbocycles. The molecule has 0 amide bonds. The van der Waals surface area contributed by atoms with Crippen LogP contribution in [0.25, 0.3) is 0 Å². The third-order valence-corrected chi connectivity index (χ3v) is 3.78. The van der Waals surface area contributed by atoms with E-state index in [9.17, 15) is 0 Å². The molecule has 104 valence electrons. The van der Waals surface area contributed by atoms with Crippen LogP contribution >= 0.6 is 0 Å². The first-order valence-electron chi connectivity index (χ1n) is 7.37. The lowest BCUT2D eigenvalue weighted by Gasteiger charge is -2.18. The Hall–Kier alpha value is -1.28. The predicted molar refractivity (Wildman–Crippen MR) is 80.7 cm³/mol. The fraction of sp³-hybridized carbons (Fsp3) is 0.529. The topological polar surface area (TPSA) is 21.3 Å². The van der Waals surface area contributed by atoms with Crippen LogP contribution in [0, 0.1) is 0 Å². The van der Waals surface area contributed by atoms with Crippen LogP contribution in [0.15, 0.2) is 36.4 Å². The highest BCUT2D eigenvalue weighted by Gasteiger charge is 2.09. The van der Waals surface area contributed by atoms with Gasteiger partial charge < -0.3 is 10.1 Å². The van der Waals surface area contributed by atoms with Crippen molar-refractivity contribution in [2.24, 2.45) is 0 Å². The Morgan fingerprint density at radius 2 is 2.11 bits per heavy atom. The average Bonchev–Trinajstić information content (AvgIpc) is 2.47. The number of hydrogen-bond acceptors (Lipinski definition) is 2. The molecule has 0 bridgehead atoms. The Morgan fingerprint density at radius 3 is 2.74 bits per heavy atom. The van der Waals surface area contributed by atoms with Gasteiger partial charge in [-0.15, -0.1) is 0 Å². The van der Waals surface area contributed by atoms with Gasteiger partial charge in [0.2, 0.25) is 0 Å². The first-order chi connectivity index (χ1) is 9.28. The number of nitrogens with one attached hydrogen (secondary N) is 1. The Bertz CT molecular complexity index is 396. The minimum Gasteiger partial charge on any atom is -0.486 e. The van der Waals surface area contributed by atoms with Crippen molar-refractivity contribution in [2.45, 2.75) is 51.2 Å². The fourth-order valence-electron chi connectivity index (χ4n) is 2.32. The van der Waals surface area contributed by atoms with Crippen LogP contribution in [-0.2, 0) is 6.42 Å². The van der Waals surface area contributed by atoms with Gasteiger partial charge in [0, 0.05) is 6.04 Å². The summed E-state index contributed by atoms with van der Waals surface area (Å²) in [4.78, 5) is 0. The lowest BCUT2D eigenvalue weighted by Crippen LogP contribution is -2.21. The van der Waals surface area contributed by atoms with Crippen molar-refractivity contribution in [3.8, 4) is 5.75 Å². The molecule has 0 aromatic heterocycles. The highest BCUT2D eigenvalue weighted by atomic mass is 16.5. The van der Waals surface area contributed by atoms with Crippen LogP contribution in [0.1, 0.15) is 38.2 Å². The smallest absolute Gasteiger partial charge is 0.120 e. The van der Waals surface area contributed by atoms with Crippen LogP contribution in [0.5, 0.6) is 5.75 Å². The number of aryl methyl sites for hydroxylation is 1. The quantitative estimate of drug-likeness (QED) is 0.786. The van der Waals surface area contributed by atoms with Gasteiger partial charge in [-0.2, -0.15) is 0 Å². The zero-order chi connectivity index (χ0) is 13.5. The maximum atomic E-state index is 5.96. The fourth-order valence-corrected chi connectivity index (χ4v) is 2.32. The number of hydrogen-bond donors (Lipinski definition) is 1. The normalized spacial score (nSPS) is 20.2. The summed E-state index contributed by atoms with van der Waals surface area (Å²) in [5, 5.41) is 3.27. The summed E-state index contributed by atoms with van der Waals surface area (Å²) < 4.78 is 5.96. The first-order valence-corrected chi connectivity index (χ1v) is 7.37. The van der Waals surface area contributed by atoms with E-state index in [2.05, 4.69) is 48.7 Å². The molecule has 0 aliphatic heterocycles. The van der Waals surface area contributed by atoms with Crippen LogP contribution in [-0.4, -0.2) is 19.2 Å². The summed E-state index contributed by atoms with van der Waals surface area (Å²) in [7, 11) is 2.01. The second kappa shape index (κ2) is 7.34. The van der Waals surface area contributed by atoms with Crippen LogP contribution in [0.3, 0.4) is 0 Å². The van der Waals surface area contributed by atoms with Gasteiger partial charge in [0.05, 0.1) is 0 Å². The third-order valence-electron chi connectivity index (χ3n) is 3.78. The van der Waals surface area contributed by atoms with Gasteiger partial charge >= 0.3 is 0 Å². The van der Waals surface area contributed by atoms with Crippen molar-refractivity contribution in [1.82, 2.24) is 5.32 Å². The summed E-state index contributed by atoms with van der Waals surface area (Å²) >= 11 is 0. The van der Waals surface area contributed by atoms with Gasteiger partial charge in [0.1, 0.15) is 11.9 Å². The number of ether oxygens (including phenoxy) is 1.